The summed E-state index contributed by atoms with van der Waals surface area (Å²) in [7, 11) is 0. The van der Waals surface area contributed by atoms with Crippen molar-refractivity contribution in [1.82, 2.24) is 9.80 Å². The highest BCUT2D eigenvalue weighted by Gasteiger charge is 2.35. The van der Waals surface area contributed by atoms with E-state index in [4.69, 9.17) is 9.47 Å². The molecular weight excluding hydrogens is 482 g/mol. The summed E-state index contributed by atoms with van der Waals surface area (Å²) >= 11 is 3.27. The van der Waals surface area contributed by atoms with Gasteiger partial charge in [0, 0.05) is 28.0 Å². The molecule has 1 aliphatic carbocycles. The number of amides is 3. The highest BCUT2D eigenvalue weighted by Crippen LogP contribution is 2.33. The second kappa shape index (κ2) is 10.6. The number of fused-ring (bicyclic) bond motifs is 1. The van der Waals surface area contributed by atoms with E-state index in [1.165, 1.54) is 0 Å². The van der Waals surface area contributed by atoms with E-state index in [2.05, 4.69) is 5.32 Å². The molecule has 1 N–H and O–H groups in total. The summed E-state index contributed by atoms with van der Waals surface area (Å²) in [4.78, 5) is 32.4. The van der Waals surface area contributed by atoms with Gasteiger partial charge in [0.2, 0.25) is 12.7 Å². The summed E-state index contributed by atoms with van der Waals surface area (Å²) in [6, 6.07) is 17.3. The summed E-state index contributed by atoms with van der Waals surface area (Å²) < 4.78 is 10.9. The molecule has 35 heavy (non-hydrogen) atoms. The van der Waals surface area contributed by atoms with E-state index in [1.54, 1.807) is 32.9 Å². The van der Waals surface area contributed by atoms with E-state index < -0.39 is 0 Å². The van der Waals surface area contributed by atoms with Crippen LogP contribution in [0.1, 0.15) is 23.3 Å². The molecule has 2 aromatic carbocycles. The van der Waals surface area contributed by atoms with Crippen LogP contribution in [-0.4, -0.2) is 47.4 Å². The standard InChI is InChI=1S/C26H27N3O4S2/c1-34-21-9-5-19(6-10-21)27-26(31)29(20-7-8-20)16-25(30)28(15-22-3-2-12-35-22)14-18-4-11-23-24(13-18)33-17-32-23/h2-6,9-13,20H,7-8,14-17H2,1H3,(H,27,31). The molecule has 0 bridgehead atoms. The number of carbonyl (C=O) groups excluding carboxylic acids is 2. The smallest absolute Gasteiger partial charge is 0.322 e. The van der Waals surface area contributed by atoms with E-state index >= 15 is 0 Å². The fourth-order valence-electron chi connectivity index (χ4n) is 3.95. The Labute approximate surface area is 213 Å². The highest BCUT2D eigenvalue weighted by molar-refractivity contribution is 7.98. The Hall–Kier alpha value is -3.17. The predicted molar refractivity (Wildman–Crippen MR) is 138 cm³/mol. The van der Waals surface area contributed by atoms with E-state index in [9.17, 15) is 9.59 Å². The number of benzene rings is 2. The van der Waals surface area contributed by atoms with Gasteiger partial charge in [-0.25, -0.2) is 4.79 Å². The maximum atomic E-state index is 13.5. The number of rotatable bonds is 9. The number of thioether (sulfide) groups is 1. The minimum Gasteiger partial charge on any atom is -0.454 e. The molecule has 2 heterocycles. The Morgan fingerprint density at radius 1 is 1.06 bits per heavy atom. The fraction of sp³-hybridized carbons (Fsp3) is 0.308. The quantitative estimate of drug-likeness (QED) is 0.390. The van der Waals surface area contributed by atoms with E-state index in [-0.39, 0.29) is 31.3 Å². The van der Waals surface area contributed by atoms with Gasteiger partial charge in [0.05, 0.1) is 6.54 Å². The van der Waals surface area contributed by atoms with Gasteiger partial charge < -0.3 is 24.6 Å². The largest absolute Gasteiger partial charge is 0.454 e. The second-order valence-corrected chi connectivity index (χ2v) is 10.4. The molecule has 0 saturated heterocycles. The van der Waals surface area contributed by atoms with Crippen LogP contribution < -0.4 is 14.8 Å². The lowest BCUT2D eigenvalue weighted by atomic mass is 10.2. The Morgan fingerprint density at radius 2 is 1.86 bits per heavy atom. The molecule has 9 heteroatoms. The normalized spacial score (nSPS) is 14.0. The van der Waals surface area contributed by atoms with Crippen LogP contribution in [0.25, 0.3) is 0 Å². The van der Waals surface area contributed by atoms with Gasteiger partial charge in [0.15, 0.2) is 11.5 Å². The van der Waals surface area contributed by atoms with Crippen LogP contribution in [0.5, 0.6) is 11.5 Å². The van der Waals surface area contributed by atoms with Gasteiger partial charge in [-0.1, -0.05) is 12.1 Å². The zero-order valence-electron chi connectivity index (χ0n) is 19.4. The summed E-state index contributed by atoms with van der Waals surface area (Å²) in [5.41, 5.74) is 1.68. The van der Waals surface area contributed by atoms with Gasteiger partial charge >= 0.3 is 6.03 Å². The van der Waals surface area contributed by atoms with Gasteiger partial charge in [-0.2, -0.15) is 0 Å². The van der Waals surface area contributed by atoms with Crippen molar-refractivity contribution in [2.75, 3.05) is 24.9 Å². The minimum absolute atomic E-state index is 0.0370. The van der Waals surface area contributed by atoms with Crippen LogP contribution in [0, 0.1) is 0 Å². The number of thiophene rings is 1. The maximum Gasteiger partial charge on any atom is 0.322 e. The molecule has 7 nitrogen and oxygen atoms in total. The number of hydrogen-bond donors (Lipinski definition) is 1. The van der Waals surface area contributed by atoms with Gasteiger partial charge in [-0.05, 0) is 72.5 Å². The molecule has 3 aromatic rings. The highest BCUT2D eigenvalue weighted by atomic mass is 32.2. The third-order valence-corrected chi connectivity index (χ3v) is 7.59. The van der Waals surface area contributed by atoms with Crippen LogP contribution >= 0.6 is 23.1 Å². The number of urea groups is 1. The Morgan fingerprint density at radius 3 is 2.57 bits per heavy atom. The van der Waals surface area contributed by atoms with Crippen molar-refractivity contribution in [1.29, 1.82) is 0 Å². The molecule has 1 fully saturated rings. The lowest BCUT2D eigenvalue weighted by molar-refractivity contribution is -0.133. The Kier molecular flexibility index (Phi) is 7.15. The van der Waals surface area contributed by atoms with E-state index in [0.717, 1.165) is 33.9 Å². The van der Waals surface area contributed by atoms with Gasteiger partial charge in [-0.15, -0.1) is 23.1 Å². The molecular formula is C26H27N3O4S2. The fourth-order valence-corrected chi connectivity index (χ4v) is 5.08. The van der Waals surface area contributed by atoms with Crippen molar-refractivity contribution in [3.63, 3.8) is 0 Å². The SMILES string of the molecule is CSc1ccc(NC(=O)N(CC(=O)N(Cc2ccc3c(c2)OCO3)Cc2cccs2)C2CC2)cc1. The molecule has 2 aliphatic rings. The number of nitrogens with one attached hydrogen (secondary N) is 1. The number of carbonyl (C=O) groups is 2. The van der Waals surface area contributed by atoms with Crippen LogP contribution in [0.15, 0.2) is 64.9 Å². The molecule has 182 valence electrons. The third-order valence-electron chi connectivity index (χ3n) is 5.99. The van der Waals surface area contributed by atoms with Crippen molar-refractivity contribution in [2.45, 2.75) is 36.9 Å². The topological polar surface area (TPSA) is 71.1 Å². The van der Waals surface area contributed by atoms with Crippen LogP contribution in [0.4, 0.5) is 10.5 Å². The molecule has 0 radical (unpaired) electrons. The average molecular weight is 510 g/mol. The zero-order chi connectivity index (χ0) is 24.2. The summed E-state index contributed by atoms with van der Waals surface area (Å²) in [5, 5.41) is 4.97. The molecule has 3 amide bonds. The Balaban J connectivity index is 1.30. The second-order valence-electron chi connectivity index (χ2n) is 8.53. The number of hydrogen-bond acceptors (Lipinski definition) is 6. The lowest BCUT2D eigenvalue weighted by Crippen LogP contribution is -2.45. The summed E-state index contributed by atoms with van der Waals surface area (Å²) in [6.45, 7) is 1.16. The molecule has 0 unspecified atom stereocenters. The van der Waals surface area contributed by atoms with Crippen molar-refractivity contribution in [2.24, 2.45) is 0 Å². The molecule has 1 aliphatic heterocycles. The van der Waals surface area contributed by atoms with Crippen molar-refractivity contribution >= 4 is 40.7 Å². The van der Waals surface area contributed by atoms with Crippen molar-refractivity contribution in [3.8, 4) is 11.5 Å². The maximum absolute atomic E-state index is 13.5. The minimum atomic E-state index is -0.239. The van der Waals surface area contributed by atoms with Gasteiger partial charge in [-0.3, -0.25) is 4.79 Å². The Bertz CT molecular complexity index is 1180. The first-order valence-corrected chi connectivity index (χ1v) is 13.6. The van der Waals surface area contributed by atoms with Crippen LogP contribution in [0.2, 0.25) is 0 Å². The molecule has 5 rings (SSSR count). The van der Waals surface area contributed by atoms with Crippen molar-refractivity contribution in [3.05, 3.63) is 70.4 Å². The average Bonchev–Trinajstić information content (AvgIpc) is 3.36. The first-order valence-electron chi connectivity index (χ1n) is 11.5. The first-order chi connectivity index (χ1) is 17.1. The molecule has 1 saturated carbocycles. The third kappa shape index (κ3) is 5.91. The summed E-state index contributed by atoms with van der Waals surface area (Å²) in [5.74, 6) is 1.32. The molecule has 1 aromatic heterocycles. The van der Waals surface area contributed by atoms with Crippen molar-refractivity contribution < 1.29 is 19.1 Å². The van der Waals surface area contributed by atoms with Gasteiger partial charge in [0.1, 0.15) is 6.54 Å². The van der Waals surface area contributed by atoms with E-state index in [1.807, 2.05) is 66.2 Å². The number of ether oxygens (including phenoxy) is 2. The van der Waals surface area contributed by atoms with Gasteiger partial charge in [0.25, 0.3) is 0 Å². The van der Waals surface area contributed by atoms with Crippen LogP contribution in [-0.2, 0) is 17.9 Å². The number of nitrogens with zero attached hydrogens (tertiary/aromatic N) is 2. The predicted octanol–water partition coefficient (Wildman–Crippen LogP) is 5.42. The zero-order valence-corrected chi connectivity index (χ0v) is 21.1. The van der Waals surface area contributed by atoms with Crippen LogP contribution in [0.3, 0.4) is 0 Å². The lowest BCUT2D eigenvalue weighted by Gasteiger charge is -2.28. The van der Waals surface area contributed by atoms with E-state index in [0.29, 0.717) is 24.6 Å². The molecule has 0 spiro atoms. The number of anilines is 1. The monoisotopic (exact) mass is 509 g/mol. The first kappa shape index (κ1) is 23.6. The molecule has 0 atom stereocenters. The summed E-state index contributed by atoms with van der Waals surface area (Å²) in [6.07, 6.45) is 3.85.